The average Bonchev–Trinajstić information content (AvgIpc) is 2.13. The topological polar surface area (TPSA) is 67.4 Å². The van der Waals surface area contributed by atoms with Crippen LogP contribution in [-0.2, 0) is 14.8 Å². The van der Waals surface area contributed by atoms with E-state index < -0.39 is 15.3 Å². The number of nitrogens with one attached hydrogen (secondary N) is 2. The third-order valence-corrected chi connectivity index (χ3v) is 4.08. The molecule has 5 nitrogen and oxygen atoms in total. The average molecular weight is 252 g/mol. The van der Waals surface area contributed by atoms with Gasteiger partial charge >= 0.3 is 0 Å². The predicted octanol–water partition coefficient (Wildman–Crippen LogP) is 0.327. The van der Waals surface area contributed by atoms with Crippen LogP contribution in [0.25, 0.3) is 0 Å². The zero-order valence-corrected chi connectivity index (χ0v) is 11.6. The van der Waals surface area contributed by atoms with Gasteiger partial charge in [0, 0.05) is 25.7 Å². The summed E-state index contributed by atoms with van der Waals surface area (Å²) < 4.78 is 31.1. The highest BCUT2D eigenvalue weighted by Crippen LogP contribution is 1.99. The molecule has 0 amide bonds. The second-order valence-electron chi connectivity index (χ2n) is 4.39. The van der Waals surface area contributed by atoms with Gasteiger partial charge in [0.05, 0.1) is 11.9 Å². The van der Waals surface area contributed by atoms with Crippen LogP contribution in [0.4, 0.5) is 0 Å². The molecule has 0 saturated carbocycles. The fourth-order valence-corrected chi connectivity index (χ4v) is 2.37. The standard InChI is InChI=1S/C10H24N2O3S/c1-8(2)11-6-10(4)16(13,14)12-9(3)7-15-5/h8-12H,6-7H2,1-5H3. The Morgan fingerprint density at radius 2 is 1.75 bits per heavy atom. The molecule has 2 unspecified atom stereocenters. The molecule has 0 saturated heterocycles. The van der Waals surface area contributed by atoms with Gasteiger partial charge in [0.2, 0.25) is 10.0 Å². The Kier molecular flexibility index (Phi) is 7.14. The zero-order valence-electron chi connectivity index (χ0n) is 10.8. The molecule has 0 aromatic heterocycles. The molecule has 0 rings (SSSR count). The van der Waals surface area contributed by atoms with Crippen molar-refractivity contribution < 1.29 is 13.2 Å². The quantitative estimate of drug-likeness (QED) is 0.653. The summed E-state index contributed by atoms with van der Waals surface area (Å²) in [6.07, 6.45) is 0. The highest BCUT2D eigenvalue weighted by molar-refractivity contribution is 7.90. The summed E-state index contributed by atoms with van der Waals surface area (Å²) in [7, 11) is -1.72. The van der Waals surface area contributed by atoms with Gasteiger partial charge in [-0.25, -0.2) is 13.1 Å². The second kappa shape index (κ2) is 7.21. The lowest BCUT2D eigenvalue weighted by Crippen LogP contribution is -2.45. The Morgan fingerprint density at radius 1 is 1.19 bits per heavy atom. The predicted molar refractivity (Wildman–Crippen MR) is 66.0 cm³/mol. The van der Waals surface area contributed by atoms with Gasteiger partial charge in [-0.2, -0.15) is 0 Å². The maximum Gasteiger partial charge on any atom is 0.215 e. The lowest BCUT2D eigenvalue weighted by molar-refractivity contribution is 0.180. The van der Waals surface area contributed by atoms with Crippen molar-refractivity contribution >= 4 is 10.0 Å². The molecule has 16 heavy (non-hydrogen) atoms. The molecule has 0 aromatic carbocycles. The van der Waals surface area contributed by atoms with Gasteiger partial charge in [0.1, 0.15) is 0 Å². The molecule has 0 aliphatic carbocycles. The third kappa shape index (κ3) is 6.42. The first-order valence-corrected chi connectivity index (χ1v) is 7.07. The first-order chi connectivity index (χ1) is 7.29. The molecule has 98 valence electrons. The maximum absolute atomic E-state index is 11.8. The maximum atomic E-state index is 11.8. The van der Waals surface area contributed by atoms with Crippen molar-refractivity contribution in [2.45, 2.75) is 45.0 Å². The van der Waals surface area contributed by atoms with Crippen LogP contribution in [0.3, 0.4) is 0 Å². The van der Waals surface area contributed by atoms with Crippen LogP contribution in [0.1, 0.15) is 27.7 Å². The molecular formula is C10H24N2O3S. The first-order valence-electron chi connectivity index (χ1n) is 5.53. The van der Waals surface area contributed by atoms with E-state index in [9.17, 15) is 8.42 Å². The molecule has 0 fully saturated rings. The Labute approximate surface area is 99.0 Å². The Bertz CT molecular complexity index is 278. The number of rotatable bonds is 8. The summed E-state index contributed by atoms with van der Waals surface area (Å²) in [6, 6.07) is 0.0885. The van der Waals surface area contributed by atoms with E-state index in [-0.39, 0.29) is 12.1 Å². The molecule has 0 aliphatic rings. The minimum atomic E-state index is -3.27. The van der Waals surface area contributed by atoms with E-state index in [1.54, 1.807) is 21.0 Å². The van der Waals surface area contributed by atoms with E-state index in [1.807, 2.05) is 13.8 Å². The third-order valence-electron chi connectivity index (χ3n) is 2.13. The lowest BCUT2D eigenvalue weighted by Gasteiger charge is -2.19. The number of ether oxygens (including phenoxy) is 1. The Morgan fingerprint density at radius 3 is 2.19 bits per heavy atom. The molecule has 2 atom stereocenters. The van der Waals surface area contributed by atoms with Gasteiger partial charge in [-0.3, -0.25) is 0 Å². The number of hydrogen-bond acceptors (Lipinski definition) is 4. The monoisotopic (exact) mass is 252 g/mol. The number of methoxy groups -OCH3 is 1. The minimum absolute atomic E-state index is 0.198. The minimum Gasteiger partial charge on any atom is -0.383 e. The van der Waals surface area contributed by atoms with Gasteiger partial charge in [0.15, 0.2) is 0 Å². The van der Waals surface area contributed by atoms with Gasteiger partial charge in [-0.05, 0) is 13.8 Å². The van der Waals surface area contributed by atoms with Crippen molar-refractivity contribution in [3.8, 4) is 0 Å². The van der Waals surface area contributed by atoms with E-state index in [0.29, 0.717) is 13.2 Å². The highest BCUT2D eigenvalue weighted by atomic mass is 32.2. The van der Waals surface area contributed by atoms with Crippen molar-refractivity contribution in [2.24, 2.45) is 0 Å². The second-order valence-corrected chi connectivity index (χ2v) is 6.52. The Hall–Kier alpha value is -0.170. The fraction of sp³-hybridized carbons (Fsp3) is 1.00. The van der Waals surface area contributed by atoms with E-state index in [4.69, 9.17) is 4.74 Å². The molecule has 6 heteroatoms. The van der Waals surface area contributed by atoms with Crippen LogP contribution in [0, 0.1) is 0 Å². The van der Waals surface area contributed by atoms with Crippen LogP contribution in [-0.4, -0.2) is 46.0 Å². The van der Waals surface area contributed by atoms with Crippen LogP contribution in [0.2, 0.25) is 0 Å². The number of hydrogen-bond donors (Lipinski definition) is 2. The number of sulfonamides is 1. The summed E-state index contributed by atoms with van der Waals surface area (Å²) >= 11 is 0. The normalized spacial score (nSPS) is 16.4. The zero-order chi connectivity index (χ0) is 12.8. The Balaban J connectivity index is 4.20. The van der Waals surface area contributed by atoms with E-state index in [2.05, 4.69) is 10.0 Å². The van der Waals surface area contributed by atoms with Gasteiger partial charge in [-0.15, -0.1) is 0 Å². The summed E-state index contributed by atoms with van der Waals surface area (Å²) in [5, 5.41) is 2.66. The summed E-state index contributed by atoms with van der Waals surface area (Å²) in [5.74, 6) is 0. The fourth-order valence-electron chi connectivity index (χ4n) is 1.19. The molecule has 0 spiro atoms. The molecular weight excluding hydrogens is 228 g/mol. The van der Waals surface area contributed by atoms with E-state index in [1.165, 1.54) is 0 Å². The van der Waals surface area contributed by atoms with Gasteiger partial charge in [-0.1, -0.05) is 13.8 Å². The molecule has 0 aromatic rings. The summed E-state index contributed by atoms with van der Waals surface area (Å²) in [4.78, 5) is 0. The van der Waals surface area contributed by atoms with Gasteiger partial charge in [0.25, 0.3) is 0 Å². The molecule has 0 heterocycles. The van der Waals surface area contributed by atoms with Crippen molar-refractivity contribution in [1.29, 1.82) is 0 Å². The van der Waals surface area contributed by atoms with Crippen molar-refractivity contribution in [3.63, 3.8) is 0 Å². The first kappa shape index (κ1) is 15.8. The van der Waals surface area contributed by atoms with Crippen LogP contribution in [0.15, 0.2) is 0 Å². The SMILES string of the molecule is COCC(C)NS(=O)(=O)C(C)CNC(C)C. The van der Waals surface area contributed by atoms with Crippen molar-refractivity contribution in [1.82, 2.24) is 10.0 Å². The summed E-state index contributed by atoms with van der Waals surface area (Å²) in [5.41, 5.74) is 0. The highest BCUT2D eigenvalue weighted by Gasteiger charge is 2.22. The van der Waals surface area contributed by atoms with Crippen LogP contribution < -0.4 is 10.0 Å². The van der Waals surface area contributed by atoms with Gasteiger partial charge < -0.3 is 10.1 Å². The van der Waals surface area contributed by atoms with E-state index >= 15 is 0 Å². The molecule has 0 aliphatic heterocycles. The smallest absolute Gasteiger partial charge is 0.215 e. The van der Waals surface area contributed by atoms with Crippen molar-refractivity contribution in [3.05, 3.63) is 0 Å². The molecule has 2 N–H and O–H groups in total. The molecule has 0 bridgehead atoms. The van der Waals surface area contributed by atoms with Crippen LogP contribution in [0.5, 0.6) is 0 Å². The van der Waals surface area contributed by atoms with Crippen molar-refractivity contribution in [2.75, 3.05) is 20.3 Å². The summed E-state index contributed by atoms with van der Waals surface area (Å²) in [6.45, 7) is 8.28. The van der Waals surface area contributed by atoms with Crippen LogP contribution >= 0.6 is 0 Å². The largest absolute Gasteiger partial charge is 0.383 e. The lowest BCUT2D eigenvalue weighted by atomic mass is 10.3. The van der Waals surface area contributed by atoms with E-state index in [0.717, 1.165) is 0 Å². The molecule has 0 radical (unpaired) electrons.